The first-order valence-electron chi connectivity index (χ1n) is 34.0. The minimum absolute atomic E-state index is 0.188. The number of halogens is 1. The van der Waals surface area contributed by atoms with Gasteiger partial charge in [-0.25, -0.2) is 15.0 Å². The third-order valence-corrected chi connectivity index (χ3v) is 21.3. The van der Waals surface area contributed by atoms with E-state index in [1.54, 1.807) is 17.4 Å². The average Bonchev–Trinajstić information content (AvgIpc) is 1.61. The molecule has 19 aromatic rings. The topological polar surface area (TPSA) is 128 Å². The number of para-hydroxylation sites is 4. The third-order valence-electron chi connectivity index (χ3n) is 18.9. The maximum Gasteiger partial charge on any atom is 0.488 e. The van der Waals surface area contributed by atoms with E-state index in [1.165, 1.54) is 85.3 Å². The van der Waals surface area contributed by atoms with Crippen LogP contribution in [0, 0.1) is 6.08 Å². The van der Waals surface area contributed by atoms with Gasteiger partial charge < -0.3 is 19.2 Å². The molecule has 0 bridgehead atoms. The van der Waals surface area contributed by atoms with Crippen LogP contribution in [0.5, 0.6) is 0 Å². The Hall–Kier alpha value is -12.7. The monoisotopic (exact) mass is 1390 g/mol. The summed E-state index contributed by atoms with van der Waals surface area (Å²) in [4.78, 5) is 27.6. The van der Waals surface area contributed by atoms with Gasteiger partial charge >= 0.3 is 7.12 Å². The molecule has 0 aliphatic heterocycles. The number of fused-ring (bicyclic) bond motifs is 12. The number of thiophene rings is 2. The summed E-state index contributed by atoms with van der Waals surface area (Å²) in [6.45, 7) is 0. The Labute approximate surface area is 611 Å². The van der Waals surface area contributed by atoms with Gasteiger partial charge in [0.25, 0.3) is 0 Å². The Balaban J connectivity index is 0.000000123. The van der Waals surface area contributed by atoms with Gasteiger partial charge in [-0.2, -0.15) is 15.0 Å². The van der Waals surface area contributed by atoms with Crippen LogP contribution in [0.2, 0.25) is 5.28 Å². The molecule has 2 N–H and O–H groups in total. The van der Waals surface area contributed by atoms with Gasteiger partial charge in [-0.05, 0) is 154 Å². The van der Waals surface area contributed by atoms with Crippen molar-refractivity contribution in [2.45, 2.75) is 0 Å². The van der Waals surface area contributed by atoms with Crippen LogP contribution >= 0.6 is 34.3 Å². The molecule has 20 rings (SSSR count). The zero-order valence-electron chi connectivity index (χ0n) is 55.5. The van der Waals surface area contributed by atoms with Crippen LogP contribution in [0.1, 0.15) is 5.82 Å². The fourth-order valence-corrected chi connectivity index (χ4v) is 16.2. The predicted octanol–water partition coefficient (Wildman–Crippen LogP) is 22.0. The molecule has 0 saturated heterocycles. The second kappa shape index (κ2) is 27.4. The van der Waals surface area contributed by atoms with E-state index in [0.29, 0.717) is 34.6 Å². The molecule has 1 aliphatic rings. The van der Waals surface area contributed by atoms with Gasteiger partial charge in [0, 0.05) is 102 Å². The van der Waals surface area contributed by atoms with Crippen molar-refractivity contribution in [3.63, 3.8) is 0 Å². The predicted molar refractivity (Wildman–Crippen MR) is 433 cm³/mol. The van der Waals surface area contributed by atoms with Crippen LogP contribution in [0.25, 0.3) is 169 Å². The zero-order chi connectivity index (χ0) is 69.6. The third kappa shape index (κ3) is 12.2. The molecule has 104 heavy (non-hydrogen) atoms. The van der Waals surface area contributed by atoms with Crippen LogP contribution in [0.3, 0.4) is 0 Å². The van der Waals surface area contributed by atoms with E-state index in [-0.39, 0.29) is 5.28 Å². The smallest absolute Gasteiger partial charge is 0.423 e. The van der Waals surface area contributed by atoms with Crippen molar-refractivity contribution in [3.05, 3.63) is 351 Å². The Bertz CT molecular complexity index is 6540. The van der Waals surface area contributed by atoms with Crippen molar-refractivity contribution in [1.82, 2.24) is 39.0 Å². The quantitative estimate of drug-likeness (QED) is 0.102. The lowest BCUT2D eigenvalue weighted by Crippen LogP contribution is -2.29. The molecule has 0 saturated carbocycles. The lowest BCUT2D eigenvalue weighted by atomic mass is 9.80. The second-order valence-electron chi connectivity index (χ2n) is 25.3. The van der Waals surface area contributed by atoms with Crippen molar-refractivity contribution in [1.29, 1.82) is 0 Å². The van der Waals surface area contributed by atoms with Crippen LogP contribution in [-0.2, 0) is 0 Å². The number of hydrogen-bond donors (Lipinski definition) is 2. The molecule has 490 valence electrons. The van der Waals surface area contributed by atoms with Crippen molar-refractivity contribution in [3.8, 4) is 79.2 Å². The van der Waals surface area contributed by atoms with Gasteiger partial charge in [0.1, 0.15) is 17.7 Å². The number of allylic oxidation sites excluding steroid dienone is 6. The molecule has 6 heterocycles. The Morgan fingerprint density at radius 2 is 0.654 bits per heavy atom. The van der Waals surface area contributed by atoms with E-state index in [2.05, 4.69) is 224 Å². The summed E-state index contributed by atoms with van der Waals surface area (Å²) in [5, 5.41) is 29.1. The largest absolute Gasteiger partial charge is 0.488 e. The lowest BCUT2D eigenvalue weighted by molar-refractivity contribution is 0.426. The summed E-state index contributed by atoms with van der Waals surface area (Å²) in [5.41, 5.74) is 17.0. The van der Waals surface area contributed by atoms with Gasteiger partial charge in [-0.3, -0.25) is 0 Å². The van der Waals surface area contributed by atoms with Gasteiger partial charge in [0.2, 0.25) is 11.1 Å². The molecule has 6 aromatic heterocycles. The average molecular weight is 1390 g/mol. The highest BCUT2D eigenvalue weighted by molar-refractivity contribution is 7.26. The van der Waals surface area contributed by atoms with E-state index in [0.717, 1.165) is 60.1 Å². The van der Waals surface area contributed by atoms with Crippen LogP contribution in [-0.4, -0.2) is 56.2 Å². The first kappa shape index (κ1) is 63.5. The Kier molecular flexibility index (Phi) is 16.7. The minimum atomic E-state index is -1.47. The fraction of sp³-hybridized carbons (Fsp3) is 0. The number of hydrogen-bond acceptors (Lipinski definition) is 10. The minimum Gasteiger partial charge on any atom is -0.423 e. The van der Waals surface area contributed by atoms with E-state index < -0.39 is 7.12 Å². The highest BCUT2D eigenvalue weighted by atomic mass is 35.5. The first-order chi connectivity index (χ1) is 51.3. The molecular formula is C90H57BClN8O2S2+. The standard InChI is InChI=1S/C45H28N4S.C30H20BNO2S.C15H9ClN3/c1-4-12-29(13-5-1)43-46-44(30-14-6-2-7-15-30)48-45(47-43)33-22-25-42-38(28-33)37-27-32(21-24-41(37)50-42)31-20-23-40-36(26-31)35-18-10-11-19-39(35)49(40)34-16-8-3-9-17-34;33-31(34)21-12-15-30-26(18-21)25-17-20(11-14-29(25)35-30)19-10-13-28-24(16-19)23-8-4-5-9-27(23)32(28)22-6-2-1-3-7-22;16-15-18-13(11-7-3-1-4-8-11)17-14(19-15)12-9-5-2-6-10-12/h1-28H;1-18,33-34H;1-5,7-10H/q;;+1. The summed E-state index contributed by atoms with van der Waals surface area (Å²) in [5.74, 6) is 3.11. The van der Waals surface area contributed by atoms with Crippen LogP contribution in [0.15, 0.2) is 334 Å². The van der Waals surface area contributed by atoms with Crippen molar-refractivity contribution < 1.29 is 10.0 Å². The fourth-order valence-electron chi connectivity index (χ4n) is 13.9. The molecule has 10 nitrogen and oxygen atoms in total. The summed E-state index contributed by atoms with van der Waals surface area (Å²) >= 11 is 9.52. The molecule has 0 radical (unpaired) electrons. The maximum atomic E-state index is 9.65. The molecule has 0 atom stereocenters. The van der Waals surface area contributed by atoms with Crippen molar-refractivity contribution in [2.24, 2.45) is 0 Å². The van der Waals surface area contributed by atoms with Crippen molar-refractivity contribution >= 4 is 136 Å². The second-order valence-corrected chi connectivity index (χ2v) is 27.8. The summed E-state index contributed by atoms with van der Waals surface area (Å²) < 4.78 is 9.51. The van der Waals surface area contributed by atoms with Crippen LogP contribution in [0.4, 0.5) is 0 Å². The van der Waals surface area contributed by atoms with E-state index in [9.17, 15) is 10.0 Å². The molecule has 1 aliphatic carbocycles. The molecular weight excluding hydrogens is 1340 g/mol. The molecule has 0 amide bonds. The number of rotatable bonds is 10. The first-order valence-corrected chi connectivity index (χ1v) is 36.1. The van der Waals surface area contributed by atoms with E-state index in [4.69, 9.17) is 26.6 Å². The Morgan fingerprint density at radius 3 is 1.11 bits per heavy atom. The summed E-state index contributed by atoms with van der Waals surface area (Å²) in [7, 11) is -1.47. The Morgan fingerprint density at radius 1 is 0.308 bits per heavy atom. The van der Waals surface area contributed by atoms with Gasteiger partial charge in [0.15, 0.2) is 23.3 Å². The maximum absolute atomic E-state index is 9.65. The van der Waals surface area contributed by atoms with Gasteiger partial charge in [-0.15, -0.1) is 22.7 Å². The number of nitrogens with zero attached hydrogens (tertiary/aromatic N) is 8. The molecule has 13 aromatic carbocycles. The molecule has 14 heteroatoms. The van der Waals surface area contributed by atoms with E-state index in [1.807, 2.05) is 145 Å². The number of benzene rings is 13. The summed E-state index contributed by atoms with van der Waals surface area (Å²) in [6, 6.07) is 107. The normalized spacial score (nSPS) is 11.9. The van der Waals surface area contributed by atoms with Gasteiger partial charge in [-0.1, -0.05) is 200 Å². The summed E-state index contributed by atoms with van der Waals surface area (Å²) in [6.07, 6.45) is 10.4. The molecule has 0 unspecified atom stereocenters. The van der Waals surface area contributed by atoms with E-state index >= 15 is 0 Å². The van der Waals surface area contributed by atoms with Crippen LogP contribution < -0.4 is 5.46 Å². The lowest BCUT2D eigenvalue weighted by Gasteiger charge is -2.09. The highest BCUT2D eigenvalue weighted by Gasteiger charge is 2.21. The number of aromatic nitrogens is 8. The SMILES string of the molecule is Clc1nc(C2=CC=C[C+]=C2)nc(-c2ccccc2)n1.OB(O)c1ccc2sc3ccc(-c4ccc5c(c4)c4ccccc4n5-c4ccccc4)cc3c2c1.c1ccc(-c2nc(-c3ccccc3)nc(-c3ccc4sc5ccc(-c6ccc7c(c6)c6ccccc6n7-c6ccccc6)cc5c4c3)n2)cc1. The molecule has 0 spiro atoms. The highest BCUT2D eigenvalue weighted by Crippen LogP contribution is 2.43. The van der Waals surface area contributed by atoms with Crippen molar-refractivity contribution in [2.75, 3.05) is 0 Å². The zero-order valence-corrected chi connectivity index (χ0v) is 57.9. The van der Waals surface area contributed by atoms with Gasteiger partial charge in [0.05, 0.1) is 28.1 Å². The molecule has 0 fully saturated rings.